The molecule has 0 saturated carbocycles. The summed E-state index contributed by atoms with van der Waals surface area (Å²) < 4.78 is 19.5. The summed E-state index contributed by atoms with van der Waals surface area (Å²) in [5, 5.41) is 8.98. The van der Waals surface area contributed by atoms with Gasteiger partial charge in [0, 0.05) is 59.3 Å². The van der Waals surface area contributed by atoms with Gasteiger partial charge in [0.25, 0.3) is 5.91 Å². The van der Waals surface area contributed by atoms with Crippen molar-refractivity contribution in [1.82, 2.24) is 30.9 Å². The molecule has 0 saturated heterocycles. The van der Waals surface area contributed by atoms with Gasteiger partial charge in [-0.3, -0.25) is 19.6 Å². The van der Waals surface area contributed by atoms with E-state index in [-0.39, 0.29) is 31.4 Å². The summed E-state index contributed by atoms with van der Waals surface area (Å²) in [6.07, 6.45) is 4.55. The molecule has 0 fully saturated rings. The first-order valence-corrected chi connectivity index (χ1v) is 13.2. The van der Waals surface area contributed by atoms with Crippen LogP contribution < -0.4 is 16.0 Å². The number of carbonyl (C=O) groups is 3. The van der Waals surface area contributed by atoms with Crippen LogP contribution in [0, 0.1) is 5.82 Å². The molecule has 3 heterocycles. The van der Waals surface area contributed by atoms with Gasteiger partial charge >= 0.3 is 6.09 Å². The fraction of sp³-hybridized carbons (Fsp3) is 0.276. The Morgan fingerprint density at radius 1 is 1.00 bits per heavy atom. The lowest BCUT2D eigenvalue weighted by Crippen LogP contribution is -2.39. The van der Waals surface area contributed by atoms with Crippen molar-refractivity contribution < 1.29 is 23.5 Å². The van der Waals surface area contributed by atoms with Crippen molar-refractivity contribution in [2.24, 2.45) is 0 Å². The second-order valence-electron chi connectivity index (χ2n) is 10.3. The van der Waals surface area contributed by atoms with E-state index in [1.807, 2.05) is 6.07 Å². The number of rotatable bonds is 9. The molecule has 1 aromatic carbocycles. The van der Waals surface area contributed by atoms with Gasteiger partial charge < -0.3 is 25.7 Å². The first kappa shape index (κ1) is 29.5. The van der Waals surface area contributed by atoms with Crippen molar-refractivity contribution in [3.63, 3.8) is 0 Å². The van der Waals surface area contributed by atoms with Gasteiger partial charge in [0.1, 0.15) is 18.0 Å². The molecule has 41 heavy (non-hydrogen) atoms. The van der Waals surface area contributed by atoms with Crippen LogP contribution in [0.5, 0.6) is 0 Å². The van der Waals surface area contributed by atoms with Crippen molar-refractivity contribution >= 4 is 40.4 Å². The first-order valence-electron chi connectivity index (χ1n) is 12.8. The van der Waals surface area contributed by atoms with Gasteiger partial charge in [-0.15, -0.1) is 0 Å². The standard InChI is InChI=1S/C29H30ClFN6O4/c1-29(2,3)41-28(40)37-16-26(38)35-14-20-5-4-17(12-33-20)8-21-9-18(6-7-32-21)27(39)36-13-19-10-22-23(30)15-34-25(22)11-24(19)31/h4-7,9-12,15,34H,8,13-14,16H2,1-3H3,(H,35,38)(H,36,39)(H,37,40). The van der Waals surface area contributed by atoms with Crippen molar-refractivity contribution in [3.05, 3.63) is 93.9 Å². The Morgan fingerprint density at radius 3 is 2.54 bits per heavy atom. The molecule has 4 rings (SSSR count). The average molecular weight is 581 g/mol. The third-order valence-electron chi connectivity index (χ3n) is 5.85. The third kappa shape index (κ3) is 8.49. The smallest absolute Gasteiger partial charge is 0.408 e. The highest BCUT2D eigenvalue weighted by Gasteiger charge is 2.17. The van der Waals surface area contributed by atoms with E-state index < -0.39 is 17.5 Å². The number of hydrogen-bond donors (Lipinski definition) is 4. The van der Waals surface area contributed by atoms with Gasteiger partial charge in [0.15, 0.2) is 0 Å². The zero-order chi connectivity index (χ0) is 29.6. The molecular formula is C29H30ClFN6O4. The molecule has 0 bridgehead atoms. The Bertz CT molecular complexity index is 1570. The monoisotopic (exact) mass is 580 g/mol. The number of amides is 3. The Balaban J connectivity index is 1.27. The summed E-state index contributed by atoms with van der Waals surface area (Å²) in [4.78, 5) is 48.0. The van der Waals surface area contributed by atoms with Crippen molar-refractivity contribution in [2.75, 3.05) is 6.54 Å². The van der Waals surface area contributed by atoms with Gasteiger partial charge in [0.2, 0.25) is 5.91 Å². The number of ether oxygens (including phenoxy) is 1. The molecule has 3 aromatic heterocycles. The van der Waals surface area contributed by atoms with Gasteiger partial charge in [-0.2, -0.15) is 0 Å². The minimum atomic E-state index is -0.668. The number of hydrogen-bond acceptors (Lipinski definition) is 6. The zero-order valence-corrected chi connectivity index (χ0v) is 23.6. The van der Waals surface area contributed by atoms with E-state index in [2.05, 4.69) is 30.9 Å². The summed E-state index contributed by atoms with van der Waals surface area (Å²) in [5.74, 6) is -1.18. The number of aromatic amines is 1. The maximum Gasteiger partial charge on any atom is 0.408 e. The van der Waals surface area contributed by atoms with Crippen LogP contribution >= 0.6 is 11.6 Å². The van der Waals surface area contributed by atoms with Gasteiger partial charge in [-0.1, -0.05) is 17.7 Å². The molecule has 3 amide bonds. The van der Waals surface area contributed by atoms with Crippen LogP contribution in [0.15, 0.2) is 55.0 Å². The number of aromatic nitrogens is 3. The van der Waals surface area contributed by atoms with E-state index in [4.69, 9.17) is 16.3 Å². The quantitative estimate of drug-likeness (QED) is 0.231. The number of alkyl carbamates (subject to hydrolysis) is 1. The maximum absolute atomic E-state index is 14.4. The Hall–Kier alpha value is -4.51. The SMILES string of the molecule is CC(C)(C)OC(=O)NCC(=O)NCc1ccc(Cc2cc(C(=O)NCc3cc4c(Cl)c[nH]c4cc3F)ccn2)cn1. The van der Waals surface area contributed by atoms with Crippen LogP contribution in [0.4, 0.5) is 9.18 Å². The summed E-state index contributed by atoms with van der Waals surface area (Å²) in [5.41, 5.74) is 2.79. The maximum atomic E-state index is 14.4. The van der Waals surface area contributed by atoms with Crippen molar-refractivity contribution in [1.29, 1.82) is 0 Å². The second-order valence-corrected chi connectivity index (χ2v) is 10.7. The summed E-state index contributed by atoms with van der Waals surface area (Å²) >= 11 is 6.13. The van der Waals surface area contributed by atoms with E-state index in [9.17, 15) is 18.8 Å². The van der Waals surface area contributed by atoms with E-state index in [1.54, 1.807) is 63.6 Å². The number of pyridine rings is 2. The summed E-state index contributed by atoms with van der Waals surface area (Å²) in [7, 11) is 0. The molecule has 0 spiro atoms. The van der Waals surface area contributed by atoms with Crippen LogP contribution in [-0.2, 0) is 29.0 Å². The van der Waals surface area contributed by atoms with Crippen LogP contribution in [0.25, 0.3) is 10.9 Å². The molecule has 10 nitrogen and oxygen atoms in total. The number of carbonyl (C=O) groups excluding carboxylic acids is 3. The Labute approximate surface area is 241 Å². The predicted molar refractivity (Wildman–Crippen MR) is 152 cm³/mol. The minimum Gasteiger partial charge on any atom is -0.444 e. The van der Waals surface area contributed by atoms with Gasteiger partial charge in [0.05, 0.1) is 17.3 Å². The number of nitrogens with one attached hydrogen (secondary N) is 4. The van der Waals surface area contributed by atoms with Crippen LogP contribution in [-0.4, -0.2) is 45.0 Å². The topological polar surface area (TPSA) is 138 Å². The first-order chi connectivity index (χ1) is 19.5. The van der Waals surface area contributed by atoms with Crippen molar-refractivity contribution in [2.45, 2.75) is 45.9 Å². The van der Waals surface area contributed by atoms with E-state index in [0.29, 0.717) is 44.9 Å². The Kier molecular flexibility index (Phi) is 9.18. The lowest BCUT2D eigenvalue weighted by Gasteiger charge is -2.19. The summed E-state index contributed by atoms with van der Waals surface area (Å²) in [6, 6.07) is 9.85. The lowest BCUT2D eigenvalue weighted by molar-refractivity contribution is -0.120. The van der Waals surface area contributed by atoms with Crippen LogP contribution in [0.2, 0.25) is 5.02 Å². The molecule has 4 aromatic rings. The average Bonchev–Trinajstić information content (AvgIpc) is 3.28. The van der Waals surface area contributed by atoms with Crippen LogP contribution in [0.1, 0.15) is 53.6 Å². The highest BCUT2D eigenvalue weighted by atomic mass is 35.5. The predicted octanol–water partition coefficient (Wildman–Crippen LogP) is 4.41. The molecule has 0 aliphatic heterocycles. The van der Waals surface area contributed by atoms with Gasteiger partial charge in [-0.05, 0) is 56.7 Å². The molecule has 0 unspecified atom stereocenters. The largest absolute Gasteiger partial charge is 0.444 e. The fourth-order valence-electron chi connectivity index (χ4n) is 3.87. The molecule has 12 heteroatoms. The third-order valence-corrected chi connectivity index (χ3v) is 6.16. The molecule has 0 atom stereocenters. The zero-order valence-electron chi connectivity index (χ0n) is 22.8. The molecule has 214 valence electrons. The lowest BCUT2D eigenvalue weighted by atomic mass is 10.1. The number of halogens is 2. The molecule has 0 aliphatic carbocycles. The molecule has 0 radical (unpaired) electrons. The van der Waals surface area contributed by atoms with E-state index >= 15 is 0 Å². The summed E-state index contributed by atoms with van der Waals surface area (Å²) in [6.45, 7) is 5.18. The number of fused-ring (bicyclic) bond motifs is 1. The fourth-order valence-corrected chi connectivity index (χ4v) is 4.09. The van der Waals surface area contributed by atoms with Crippen LogP contribution in [0.3, 0.4) is 0 Å². The van der Waals surface area contributed by atoms with E-state index in [1.165, 1.54) is 6.07 Å². The van der Waals surface area contributed by atoms with Gasteiger partial charge in [-0.25, -0.2) is 9.18 Å². The molecule has 0 aliphatic rings. The highest BCUT2D eigenvalue weighted by molar-refractivity contribution is 6.35. The number of benzene rings is 1. The molecule has 4 N–H and O–H groups in total. The van der Waals surface area contributed by atoms with Crippen molar-refractivity contribution in [3.8, 4) is 0 Å². The molecular weight excluding hydrogens is 551 g/mol. The second kappa shape index (κ2) is 12.8. The number of nitrogens with zero attached hydrogens (tertiary/aromatic N) is 2. The normalized spacial score (nSPS) is 11.2. The number of H-pyrrole nitrogens is 1. The minimum absolute atomic E-state index is 0.00123. The highest BCUT2D eigenvalue weighted by Crippen LogP contribution is 2.25. The van der Waals surface area contributed by atoms with E-state index in [0.717, 1.165) is 5.56 Å². The Morgan fingerprint density at radius 2 is 1.80 bits per heavy atom.